The number of nitrogens with one attached hydrogen (secondary N) is 1. The highest BCUT2D eigenvalue weighted by molar-refractivity contribution is 5.54. The van der Waals surface area contributed by atoms with Crippen LogP contribution in [0.5, 0.6) is 5.88 Å². The van der Waals surface area contributed by atoms with Crippen LogP contribution in [0.3, 0.4) is 0 Å². The fourth-order valence-corrected chi connectivity index (χ4v) is 2.54. The summed E-state index contributed by atoms with van der Waals surface area (Å²) in [7, 11) is 1.64. The molecule has 20 heavy (non-hydrogen) atoms. The summed E-state index contributed by atoms with van der Waals surface area (Å²) in [5, 5.41) is 3.46. The zero-order valence-electron chi connectivity index (χ0n) is 11.7. The van der Waals surface area contributed by atoms with E-state index in [9.17, 15) is 0 Å². The van der Waals surface area contributed by atoms with Gasteiger partial charge >= 0.3 is 0 Å². The van der Waals surface area contributed by atoms with Gasteiger partial charge in [-0.1, -0.05) is 24.3 Å². The number of anilines is 1. The highest BCUT2D eigenvalue weighted by Crippen LogP contribution is 2.23. The Morgan fingerprint density at radius 2 is 2.15 bits per heavy atom. The first kappa shape index (κ1) is 12.9. The molecule has 0 aliphatic carbocycles. The number of hydrogen-bond donors (Lipinski definition) is 1. The zero-order valence-corrected chi connectivity index (χ0v) is 11.7. The number of nitrogens with zero attached hydrogens (tertiary/aromatic N) is 2. The second-order valence-corrected chi connectivity index (χ2v) is 4.94. The van der Waals surface area contributed by atoms with Crippen LogP contribution >= 0.6 is 0 Å². The predicted octanol–water partition coefficient (Wildman–Crippen LogP) is 2.20. The average molecular weight is 269 g/mol. The van der Waals surface area contributed by atoms with Crippen molar-refractivity contribution in [1.29, 1.82) is 0 Å². The molecule has 3 rings (SSSR count). The van der Waals surface area contributed by atoms with Crippen molar-refractivity contribution in [2.75, 3.05) is 25.1 Å². The fourth-order valence-electron chi connectivity index (χ4n) is 2.54. The molecule has 1 N–H and O–H groups in total. The monoisotopic (exact) mass is 269 g/mol. The molecule has 1 aromatic heterocycles. The van der Waals surface area contributed by atoms with E-state index in [-0.39, 0.29) is 0 Å². The summed E-state index contributed by atoms with van der Waals surface area (Å²) in [5.74, 6) is 0.659. The van der Waals surface area contributed by atoms with Crippen LogP contribution in [0.15, 0.2) is 42.6 Å². The standard InChI is InChI=1S/C16H19N3O/c1-20-16-7-6-13(10-18-16)12-19-9-8-17-11-14-4-2-3-5-15(14)19/h2-7,10,17H,8-9,11-12H2,1H3. The summed E-state index contributed by atoms with van der Waals surface area (Å²) < 4.78 is 5.10. The first-order valence-electron chi connectivity index (χ1n) is 6.89. The van der Waals surface area contributed by atoms with E-state index >= 15 is 0 Å². The fraction of sp³-hybridized carbons (Fsp3) is 0.312. The molecule has 0 atom stereocenters. The molecular formula is C16H19N3O. The lowest BCUT2D eigenvalue weighted by atomic mass is 10.1. The van der Waals surface area contributed by atoms with E-state index in [0.717, 1.165) is 26.2 Å². The van der Waals surface area contributed by atoms with Crippen molar-refractivity contribution in [3.8, 4) is 5.88 Å². The van der Waals surface area contributed by atoms with Gasteiger partial charge in [0.1, 0.15) is 0 Å². The highest BCUT2D eigenvalue weighted by atomic mass is 16.5. The molecule has 0 fully saturated rings. The number of aromatic nitrogens is 1. The molecule has 2 heterocycles. The van der Waals surface area contributed by atoms with Gasteiger partial charge in [0.05, 0.1) is 7.11 Å². The number of rotatable bonds is 3. The van der Waals surface area contributed by atoms with Crippen molar-refractivity contribution in [3.63, 3.8) is 0 Å². The van der Waals surface area contributed by atoms with E-state index in [2.05, 4.69) is 45.5 Å². The molecule has 0 saturated carbocycles. The van der Waals surface area contributed by atoms with Gasteiger partial charge in [-0.2, -0.15) is 0 Å². The minimum Gasteiger partial charge on any atom is -0.481 e. The van der Waals surface area contributed by atoms with Gasteiger partial charge in [-0.25, -0.2) is 4.98 Å². The number of ether oxygens (including phenoxy) is 1. The van der Waals surface area contributed by atoms with Gasteiger partial charge in [-0.05, 0) is 17.2 Å². The zero-order chi connectivity index (χ0) is 13.8. The largest absolute Gasteiger partial charge is 0.481 e. The van der Waals surface area contributed by atoms with Gasteiger partial charge in [0.15, 0.2) is 0 Å². The van der Waals surface area contributed by atoms with Gasteiger partial charge in [-0.3, -0.25) is 0 Å². The van der Waals surface area contributed by atoms with E-state index in [1.807, 2.05) is 12.3 Å². The second kappa shape index (κ2) is 5.92. The van der Waals surface area contributed by atoms with Gasteiger partial charge in [0.25, 0.3) is 0 Å². The predicted molar refractivity (Wildman–Crippen MR) is 80.0 cm³/mol. The molecule has 0 bridgehead atoms. The first-order valence-corrected chi connectivity index (χ1v) is 6.89. The minimum atomic E-state index is 0.659. The SMILES string of the molecule is COc1ccc(CN2CCNCc3ccccc32)cn1. The van der Waals surface area contributed by atoms with Crippen molar-refractivity contribution in [3.05, 3.63) is 53.7 Å². The summed E-state index contributed by atoms with van der Waals surface area (Å²) in [6, 6.07) is 12.6. The molecule has 0 saturated heterocycles. The Bertz CT molecular complexity index is 568. The van der Waals surface area contributed by atoms with Crippen LogP contribution in [-0.2, 0) is 13.1 Å². The third-order valence-corrected chi connectivity index (χ3v) is 3.59. The Labute approximate surface area is 119 Å². The molecule has 0 amide bonds. The number of fused-ring (bicyclic) bond motifs is 1. The van der Waals surface area contributed by atoms with Gasteiger partial charge in [0, 0.05) is 44.1 Å². The smallest absolute Gasteiger partial charge is 0.212 e. The Morgan fingerprint density at radius 3 is 2.95 bits per heavy atom. The molecule has 1 aliphatic rings. The van der Waals surface area contributed by atoms with E-state index in [1.54, 1.807) is 7.11 Å². The van der Waals surface area contributed by atoms with Gasteiger partial charge < -0.3 is 15.0 Å². The number of methoxy groups -OCH3 is 1. The van der Waals surface area contributed by atoms with Crippen LogP contribution in [0.4, 0.5) is 5.69 Å². The normalized spacial score (nSPS) is 14.6. The molecule has 4 nitrogen and oxygen atoms in total. The number of hydrogen-bond acceptors (Lipinski definition) is 4. The van der Waals surface area contributed by atoms with E-state index in [1.165, 1.54) is 16.8 Å². The number of benzene rings is 1. The topological polar surface area (TPSA) is 37.4 Å². The third-order valence-electron chi connectivity index (χ3n) is 3.59. The third kappa shape index (κ3) is 2.75. The maximum absolute atomic E-state index is 5.10. The van der Waals surface area contributed by atoms with Crippen molar-refractivity contribution in [2.45, 2.75) is 13.1 Å². The van der Waals surface area contributed by atoms with Crippen molar-refractivity contribution in [1.82, 2.24) is 10.3 Å². The Hall–Kier alpha value is -2.07. The number of pyridine rings is 1. The second-order valence-electron chi connectivity index (χ2n) is 4.94. The quantitative estimate of drug-likeness (QED) is 0.927. The summed E-state index contributed by atoms with van der Waals surface area (Å²) in [6.07, 6.45) is 1.89. The van der Waals surface area contributed by atoms with E-state index < -0.39 is 0 Å². The van der Waals surface area contributed by atoms with Crippen LogP contribution in [0, 0.1) is 0 Å². The summed E-state index contributed by atoms with van der Waals surface area (Å²) in [4.78, 5) is 6.68. The Balaban J connectivity index is 1.82. The summed E-state index contributed by atoms with van der Waals surface area (Å²) in [6.45, 7) is 3.81. The van der Waals surface area contributed by atoms with E-state index in [0.29, 0.717) is 5.88 Å². The summed E-state index contributed by atoms with van der Waals surface area (Å²) >= 11 is 0. The first-order chi connectivity index (χ1) is 9.86. The maximum Gasteiger partial charge on any atom is 0.212 e. The maximum atomic E-state index is 5.10. The van der Waals surface area contributed by atoms with Crippen LogP contribution in [0.1, 0.15) is 11.1 Å². The molecule has 1 aliphatic heterocycles. The van der Waals surface area contributed by atoms with Crippen molar-refractivity contribution < 1.29 is 4.74 Å². The Morgan fingerprint density at radius 1 is 1.25 bits per heavy atom. The molecule has 0 spiro atoms. The lowest BCUT2D eigenvalue weighted by molar-refractivity contribution is 0.397. The van der Waals surface area contributed by atoms with Crippen LogP contribution in [0.2, 0.25) is 0 Å². The molecule has 4 heteroatoms. The van der Waals surface area contributed by atoms with Crippen molar-refractivity contribution >= 4 is 5.69 Å². The van der Waals surface area contributed by atoms with Crippen LogP contribution in [-0.4, -0.2) is 25.2 Å². The molecule has 0 unspecified atom stereocenters. The highest BCUT2D eigenvalue weighted by Gasteiger charge is 2.14. The van der Waals surface area contributed by atoms with Crippen molar-refractivity contribution in [2.24, 2.45) is 0 Å². The molecule has 2 aromatic rings. The number of para-hydroxylation sites is 1. The molecule has 104 valence electrons. The van der Waals surface area contributed by atoms with Crippen LogP contribution in [0.25, 0.3) is 0 Å². The average Bonchev–Trinajstić information content (AvgIpc) is 2.71. The molecular weight excluding hydrogens is 250 g/mol. The minimum absolute atomic E-state index is 0.659. The lowest BCUT2D eigenvalue weighted by Crippen LogP contribution is -2.28. The van der Waals surface area contributed by atoms with Crippen LogP contribution < -0.4 is 15.0 Å². The van der Waals surface area contributed by atoms with Gasteiger partial charge in [0.2, 0.25) is 5.88 Å². The molecule has 1 aromatic carbocycles. The van der Waals surface area contributed by atoms with E-state index in [4.69, 9.17) is 4.74 Å². The molecule has 0 radical (unpaired) electrons. The van der Waals surface area contributed by atoms with Gasteiger partial charge in [-0.15, -0.1) is 0 Å². The Kier molecular flexibility index (Phi) is 3.83. The lowest BCUT2D eigenvalue weighted by Gasteiger charge is -2.24. The summed E-state index contributed by atoms with van der Waals surface area (Å²) in [5.41, 5.74) is 3.86.